The summed E-state index contributed by atoms with van der Waals surface area (Å²) in [5.41, 5.74) is 0.433. The van der Waals surface area contributed by atoms with Crippen LogP contribution in [0.1, 0.15) is 11.1 Å². The average Bonchev–Trinajstić information content (AvgIpc) is 2.18. The van der Waals surface area contributed by atoms with Gasteiger partial charge in [0, 0.05) is 6.07 Å². The van der Waals surface area contributed by atoms with Gasteiger partial charge < -0.3 is 0 Å². The molecule has 5 heteroatoms. The normalized spacial score (nSPS) is 10.5. The number of carbonyl (C=O) groups is 1. The molecule has 0 radical (unpaired) electrons. The van der Waals surface area contributed by atoms with E-state index in [0.29, 0.717) is 17.4 Å². The number of nitro benzene ring substituents is 1. The van der Waals surface area contributed by atoms with Gasteiger partial charge in [-0.25, -0.2) is 0 Å². The molecule has 0 fully saturated rings. The number of rotatable bonds is 3. The Labute approximate surface area is 85.2 Å². The number of nitro groups is 1. The molecule has 0 heterocycles. The van der Waals surface area contributed by atoms with Crippen molar-refractivity contribution in [3.8, 4) is 0 Å². The number of allylic oxidation sites excluding steroid dienone is 1. The molecule has 0 amide bonds. The largest absolute Gasteiger partial charge is 0.305 e. The second-order valence-corrected chi connectivity index (χ2v) is 2.91. The fourth-order valence-corrected chi connectivity index (χ4v) is 1.14. The van der Waals surface area contributed by atoms with Crippen LogP contribution >= 0.6 is 0 Å². The fraction of sp³-hybridized carbons (Fsp3) is 0.100. The lowest BCUT2D eigenvalue weighted by atomic mass is 10.1. The molecule has 0 atom stereocenters. The minimum Gasteiger partial charge on any atom is -0.299 e. The molecule has 0 aliphatic rings. The van der Waals surface area contributed by atoms with Gasteiger partial charge in [0.05, 0.1) is 4.92 Å². The molecule has 0 unspecified atom stereocenters. The number of halogens is 1. The van der Waals surface area contributed by atoms with E-state index in [1.807, 2.05) is 0 Å². The second-order valence-electron chi connectivity index (χ2n) is 2.91. The van der Waals surface area contributed by atoms with Gasteiger partial charge in [0.25, 0.3) is 0 Å². The highest BCUT2D eigenvalue weighted by Crippen LogP contribution is 2.22. The van der Waals surface area contributed by atoms with Crippen LogP contribution in [0.3, 0.4) is 0 Å². The third-order valence-corrected chi connectivity index (χ3v) is 1.89. The number of carbonyl (C=O) groups excluding carboxylic acids is 1. The Kier molecular flexibility index (Phi) is 3.28. The van der Waals surface area contributed by atoms with Crippen LogP contribution in [0.5, 0.6) is 0 Å². The maximum absolute atomic E-state index is 13.1. The van der Waals surface area contributed by atoms with Crippen LogP contribution in [-0.2, 0) is 4.79 Å². The quantitative estimate of drug-likeness (QED) is 0.332. The van der Waals surface area contributed by atoms with E-state index in [0.717, 1.165) is 12.1 Å². The monoisotopic (exact) mass is 209 g/mol. The van der Waals surface area contributed by atoms with Crippen molar-refractivity contribution in [2.45, 2.75) is 6.92 Å². The minimum atomic E-state index is -0.906. The second kappa shape index (κ2) is 4.45. The van der Waals surface area contributed by atoms with Gasteiger partial charge in [-0.05, 0) is 30.2 Å². The minimum absolute atomic E-state index is 0.449. The fourth-order valence-electron chi connectivity index (χ4n) is 1.14. The molecule has 0 aliphatic heterocycles. The van der Waals surface area contributed by atoms with Crippen molar-refractivity contribution in [1.82, 2.24) is 0 Å². The summed E-state index contributed by atoms with van der Waals surface area (Å²) >= 11 is 0. The average molecular weight is 209 g/mol. The van der Waals surface area contributed by atoms with Crippen molar-refractivity contribution in [2.75, 3.05) is 0 Å². The van der Waals surface area contributed by atoms with Crippen molar-refractivity contribution in [3.05, 3.63) is 45.3 Å². The molecule has 0 N–H and O–H groups in total. The van der Waals surface area contributed by atoms with Crippen molar-refractivity contribution >= 4 is 18.0 Å². The summed E-state index contributed by atoms with van der Waals surface area (Å²) in [5, 5.41) is 10.4. The van der Waals surface area contributed by atoms with E-state index in [1.165, 1.54) is 12.2 Å². The maximum atomic E-state index is 13.1. The summed E-state index contributed by atoms with van der Waals surface area (Å²) in [7, 11) is 0. The lowest BCUT2D eigenvalue weighted by molar-refractivity contribution is -0.387. The topological polar surface area (TPSA) is 60.2 Å². The Morgan fingerprint density at radius 2 is 2.13 bits per heavy atom. The molecule has 0 aromatic heterocycles. The molecule has 15 heavy (non-hydrogen) atoms. The van der Waals surface area contributed by atoms with Gasteiger partial charge in [-0.2, -0.15) is 4.39 Å². The summed E-state index contributed by atoms with van der Waals surface area (Å²) in [4.78, 5) is 19.7. The van der Waals surface area contributed by atoms with E-state index < -0.39 is 16.4 Å². The lowest BCUT2D eigenvalue weighted by Crippen LogP contribution is -1.94. The molecule has 0 saturated carbocycles. The standard InChI is InChI=1S/C10H8FNO3/c1-7-5-10(12(14)15)9(11)6-8(7)3-2-4-13/h2-6H,1H3. The summed E-state index contributed by atoms with van der Waals surface area (Å²) in [6, 6.07) is 2.17. The number of benzene rings is 1. The van der Waals surface area contributed by atoms with E-state index in [2.05, 4.69) is 0 Å². The van der Waals surface area contributed by atoms with Crippen LogP contribution in [0.15, 0.2) is 18.2 Å². The van der Waals surface area contributed by atoms with E-state index in [9.17, 15) is 19.3 Å². The van der Waals surface area contributed by atoms with E-state index in [-0.39, 0.29) is 0 Å². The Morgan fingerprint density at radius 1 is 1.47 bits per heavy atom. The Balaban J connectivity index is 3.25. The first-order valence-electron chi connectivity index (χ1n) is 4.12. The molecular formula is C10H8FNO3. The maximum Gasteiger partial charge on any atom is 0.305 e. The number of aryl methyl sites for hydroxylation is 1. The summed E-state index contributed by atoms with van der Waals surface area (Å²) in [6.07, 6.45) is 3.15. The molecule has 0 spiro atoms. The lowest BCUT2D eigenvalue weighted by Gasteiger charge is -2.00. The molecule has 0 saturated heterocycles. The predicted molar refractivity (Wildman–Crippen MR) is 52.9 cm³/mol. The van der Waals surface area contributed by atoms with Gasteiger partial charge in [-0.3, -0.25) is 14.9 Å². The molecule has 4 nitrogen and oxygen atoms in total. The van der Waals surface area contributed by atoms with Crippen LogP contribution in [0.25, 0.3) is 6.08 Å². The van der Waals surface area contributed by atoms with Crippen LogP contribution in [0.2, 0.25) is 0 Å². The van der Waals surface area contributed by atoms with Crippen molar-refractivity contribution < 1.29 is 14.1 Å². The van der Waals surface area contributed by atoms with Crippen LogP contribution in [0, 0.1) is 22.9 Å². The predicted octanol–water partition coefficient (Wildman–Crippen LogP) is 2.25. The first-order valence-corrected chi connectivity index (χ1v) is 4.12. The van der Waals surface area contributed by atoms with Gasteiger partial charge >= 0.3 is 5.69 Å². The van der Waals surface area contributed by atoms with Gasteiger partial charge in [-0.1, -0.05) is 6.08 Å². The highest BCUT2D eigenvalue weighted by molar-refractivity contribution is 5.74. The van der Waals surface area contributed by atoms with Gasteiger partial charge in [-0.15, -0.1) is 0 Å². The van der Waals surface area contributed by atoms with Crippen molar-refractivity contribution in [3.63, 3.8) is 0 Å². The Morgan fingerprint density at radius 3 is 2.67 bits per heavy atom. The van der Waals surface area contributed by atoms with Gasteiger partial charge in [0.15, 0.2) is 0 Å². The molecule has 0 bridgehead atoms. The van der Waals surface area contributed by atoms with Crippen LogP contribution in [-0.4, -0.2) is 11.2 Å². The van der Waals surface area contributed by atoms with E-state index in [4.69, 9.17) is 0 Å². The molecule has 1 aromatic rings. The molecule has 1 aromatic carbocycles. The smallest absolute Gasteiger partial charge is 0.299 e. The summed E-state index contributed by atoms with van der Waals surface area (Å²) in [6.45, 7) is 1.61. The Bertz CT molecular complexity index is 441. The summed E-state index contributed by atoms with van der Waals surface area (Å²) < 4.78 is 13.1. The van der Waals surface area contributed by atoms with Crippen molar-refractivity contribution in [1.29, 1.82) is 0 Å². The first-order chi connectivity index (χ1) is 7.06. The molecule has 1 rings (SSSR count). The van der Waals surface area contributed by atoms with Crippen molar-refractivity contribution in [2.24, 2.45) is 0 Å². The highest BCUT2D eigenvalue weighted by Gasteiger charge is 2.15. The van der Waals surface area contributed by atoms with E-state index >= 15 is 0 Å². The number of hydrogen-bond donors (Lipinski definition) is 0. The van der Waals surface area contributed by atoms with Gasteiger partial charge in [0.1, 0.15) is 6.29 Å². The SMILES string of the molecule is Cc1cc([N+](=O)[O-])c(F)cc1C=CC=O. The zero-order chi connectivity index (χ0) is 11.4. The number of aldehydes is 1. The zero-order valence-electron chi connectivity index (χ0n) is 7.94. The summed E-state index contributed by atoms with van der Waals surface area (Å²) in [5.74, 6) is -0.906. The molecular weight excluding hydrogens is 201 g/mol. The number of hydrogen-bond acceptors (Lipinski definition) is 3. The Hall–Kier alpha value is -2.04. The molecule has 78 valence electrons. The van der Waals surface area contributed by atoms with Crippen LogP contribution in [0.4, 0.5) is 10.1 Å². The molecule has 0 aliphatic carbocycles. The highest BCUT2D eigenvalue weighted by atomic mass is 19.1. The third-order valence-electron chi connectivity index (χ3n) is 1.89. The van der Waals surface area contributed by atoms with Crippen LogP contribution < -0.4 is 0 Å². The first kappa shape index (κ1) is 11.0. The van der Waals surface area contributed by atoms with E-state index in [1.54, 1.807) is 6.92 Å². The number of nitrogens with zero attached hydrogens (tertiary/aromatic N) is 1. The van der Waals surface area contributed by atoms with Gasteiger partial charge in [0.2, 0.25) is 5.82 Å². The third kappa shape index (κ3) is 2.46. The zero-order valence-corrected chi connectivity index (χ0v) is 7.94.